The van der Waals surface area contributed by atoms with Crippen LogP contribution in [-0.4, -0.2) is 30.0 Å². The second-order valence-electron chi connectivity index (χ2n) is 5.22. The summed E-state index contributed by atoms with van der Waals surface area (Å²) >= 11 is 1.67. The SMILES string of the molecule is CCc1ccccc1SCCC(Oc1ccc(OC)cc1)C(=O)O. The Morgan fingerprint density at radius 2 is 1.79 bits per heavy atom. The van der Waals surface area contributed by atoms with E-state index in [1.54, 1.807) is 43.1 Å². The zero-order valence-electron chi connectivity index (χ0n) is 13.9. The normalized spacial score (nSPS) is 11.8. The standard InChI is InChI=1S/C19H22O4S/c1-3-14-6-4-5-7-18(14)24-13-12-17(19(20)21)23-16-10-8-15(22-2)9-11-16/h4-11,17H,3,12-13H2,1-2H3,(H,20,21). The predicted octanol–water partition coefficient (Wildman–Crippen LogP) is 4.27. The number of thioether (sulfide) groups is 1. The molecule has 24 heavy (non-hydrogen) atoms. The minimum Gasteiger partial charge on any atom is -0.497 e. The molecule has 1 unspecified atom stereocenters. The van der Waals surface area contributed by atoms with Crippen molar-refractivity contribution in [1.82, 2.24) is 0 Å². The van der Waals surface area contributed by atoms with E-state index < -0.39 is 12.1 Å². The Bertz CT molecular complexity index is 655. The monoisotopic (exact) mass is 346 g/mol. The molecule has 0 spiro atoms. The summed E-state index contributed by atoms with van der Waals surface area (Å²) in [6.45, 7) is 2.12. The van der Waals surface area contributed by atoms with Crippen molar-refractivity contribution < 1.29 is 19.4 Å². The third-order valence-electron chi connectivity index (χ3n) is 3.60. The van der Waals surface area contributed by atoms with Crippen LogP contribution >= 0.6 is 11.8 Å². The summed E-state index contributed by atoms with van der Waals surface area (Å²) < 4.78 is 10.7. The van der Waals surface area contributed by atoms with Gasteiger partial charge in [-0.15, -0.1) is 11.8 Å². The van der Waals surface area contributed by atoms with Gasteiger partial charge in [0.2, 0.25) is 0 Å². The molecule has 0 radical (unpaired) electrons. The fourth-order valence-corrected chi connectivity index (χ4v) is 3.39. The Morgan fingerprint density at radius 1 is 1.12 bits per heavy atom. The fourth-order valence-electron chi connectivity index (χ4n) is 2.26. The molecule has 1 atom stereocenters. The highest BCUT2D eigenvalue weighted by Crippen LogP contribution is 2.25. The average Bonchev–Trinajstić information content (AvgIpc) is 2.61. The maximum Gasteiger partial charge on any atom is 0.344 e. The number of carboxylic acids is 1. The number of hydrogen-bond acceptors (Lipinski definition) is 4. The molecule has 0 heterocycles. The lowest BCUT2D eigenvalue weighted by molar-refractivity contribution is -0.145. The van der Waals surface area contributed by atoms with E-state index in [4.69, 9.17) is 9.47 Å². The number of carbonyl (C=O) groups is 1. The molecule has 0 aliphatic heterocycles. The lowest BCUT2D eigenvalue weighted by Crippen LogP contribution is -2.27. The summed E-state index contributed by atoms with van der Waals surface area (Å²) in [7, 11) is 1.58. The van der Waals surface area contributed by atoms with Gasteiger partial charge in [0.15, 0.2) is 6.10 Å². The number of aryl methyl sites for hydroxylation is 1. The molecular formula is C19H22O4S. The highest BCUT2D eigenvalue weighted by molar-refractivity contribution is 7.99. The van der Waals surface area contributed by atoms with Gasteiger partial charge in [-0.25, -0.2) is 4.79 Å². The van der Waals surface area contributed by atoms with E-state index in [1.807, 2.05) is 12.1 Å². The zero-order chi connectivity index (χ0) is 17.4. The number of rotatable bonds is 9. The van der Waals surface area contributed by atoms with Crippen LogP contribution in [0.3, 0.4) is 0 Å². The van der Waals surface area contributed by atoms with Crippen molar-refractivity contribution in [3.63, 3.8) is 0 Å². The summed E-state index contributed by atoms with van der Waals surface area (Å²) in [5, 5.41) is 9.37. The fraction of sp³-hybridized carbons (Fsp3) is 0.316. The molecular weight excluding hydrogens is 324 g/mol. The van der Waals surface area contributed by atoms with Crippen molar-refractivity contribution in [3.05, 3.63) is 54.1 Å². The average molecular weight is 346 g/mol. The number of aliphatic carboxylic acids is 1. The first kappa shape index (κ1) is 18.2. The van der Waals surface area contributed by atoms with Gasteiger partial charge in [-0.2, -0.15) is 0 Å². The van der Waals surface area contributed by atoms with Crippen LogP contribution in [0.25, 0.3) is 0 Å². The summed E-state index contributed by atoms with van der Waals surface area (Å²) in [6, 6.07) is 15.1. The van der Waals surface area contributed by atoms with Gasteiger partial charge in [-0.3, -0.25) is 0 Å². The smallest absolute Gasteiger partial charge is 0.344 e. The summed E-state index contributed by atoms with van der Waals surface area (Å²) in [5.41, 5.74) is 1.28. The van der Waals surface area contributed by atoms with Crippen molar-refractivity contribution in [2.24, 2.45) is 0 Å². The molecule has 2 rings (SSSR count). The minimum atomic E-state index is -0.949. The molecule has 0 saturated heterocycles. The minimum absolute atomic E-state index is 0.435. The first-order valence-corrected chi connectivity index (χ1v) is 8.86. The number of benzene rings is 2. The maximum absolute atomic E-state index is 11.4. The Morgan fingerprint density at radius 3 is 2.42 bits per heavy atom. The summed E-state index contributed by atoms with van der Waals surface area (Å²) in [4.78, 5) is 12.6. The summed E-state index contributed by atoms with van der Waals surface area (Å²) in [6.07, 6.45) is 0.539. The Labute approximate surface area is 146 Å². The third kappa shape index (κ3) is 5.20. The quantitative estimate of drug-likeness (QED) is 0.687. The van der Waals surface area contributed by atoms with Crippen LogP contribution in [0.15, 0.2) is 53.4 Å². The van der Waals surface area contributed by atoms with E-state index in [-0.39, 0.29) is 0 Å². The Kier molecular flexibility index (Phi) is 7.00. The van der Waals surface area contributed by atoms with Crippen LogP contribution in [0.4, 0.5) is 0 Å². The molecule has 0 aromatic heterocycles. The first-order valence-electron chi connectivity index (χ1n) is 7.88. The molecule has 2 aromatic rings. The van der Waals surface area contributed by atoms with Crippen LogP contribution < -0.4 is 9.47 Å². The Hall–Kier alpha value is -2.14. The molecule has 0 aliphatic carbocycles. The lowest BCUT2D eigenvalue weighted by atomic mass is 10.2. The van der Waals surface area contributed by atoms with Gasteiger partial charge in [-0.05, 0) is 42.3 Å². The van der Waals surface area contributed by atoms with Crippen LogP contribution in [0.2, 0.25) is 0 Å². The number of hydrogen-bond donors (Lipinski definition) is 1. The van der Waals surface area contributed by atoms with E-state index in [2.05, 4.69) is 19.1 Å². The molecule has 0 fully saturated rings. The molecule has 5 heteroatoms. The van der Waals surface area contributed by atoms with Crippen molar-refractivity contribution in [1.29, 1.82) is 0 Å². The van der Waals surface area contributed by atoms with E-state index >= 15 is 0 Å². The van der Waals surface area contributed by atoms with E-state index in [1.165, 1.54) is 10.5 Å². The van der Waals surface area contributed by atoms with Gasteiger partial charge in [0.25, 0.3) is 0 Å². The maximum atomic E-state index is 11.4. The predicted molar refractivity (Wildman–Crippen MR) is 96.2 cm³/mol. The number of carboxylic acid groups (broad SMARTS) is 1. The second-order valence-corrected chi connectivity index (χ2v) is 6.36. The largest absolute Gasteiger partial charge is 0.497 e. The van der Waals surface area contributed by atoms with Crippen molar-refractivity contribution >= 4 is 17.7 Å². The molecule has 0 amide bonds. The van der Waals surface area contributed by atoms with Crippen LogP contribution in [0.5, 0.6) is 11.5 Å². The van der Waals surface area contributed by atoms with Gasteiger partial charge in [-0.1, -0.05) is 25.1 Å². The molecule has 1 N–H and O–H groups in total. The first-order chi connectivity index (χ1) is 11.6. The van der Waals surface area contributed by atoms with E-state index in [9.17, 15) is 9.90 Å². The molecule has 0 aliphatic rings. The van der Waals surface area contributed by atoms with E-state index in [0.717, 1.165) is 6.42 Å². The number of ether oxygens (including phenoxy) is 2. The van der Waals surface area contributed by atoms with Crippen LogP contribution in [-0.2, 0) is 11.2 Å². The molecule has 128 valence electrons. The van der Waals surface area contributed by atoms with Crippen molar-refractivity contribution in [2.45, 2.75) is 30.8 Å². The third-order valence-corrected chi connectivity index (χ3v) is 4.75. The zero-order valence-corrected chi connectivity index (χ0v) is 14.7. The van der Waals surface area contributed by atoms with Crippen LogP contribution in [0, 0.1) is 0 Å². The van der Waals surface area contributed by atoms with Crippen LogP contribution in [0.1, 0.15) is 18.9 Å². The van der Waals surface area contributed by atoms with Gasteiger partial charge in [0.05, 0.1) is 7.11 Å². The van der Waals surface area contributed by atoms with Crippen molar-refractivity contribution in [3.8, 4) is 11.5 Å². The number of methoxy groups -OCH3 is 1. The van der Waals surface area contributed by atoms with Gasteiger partial charge >= 0.3 is 5.97 Å². The van der Waals surface area contributed by atoms with Gasteiger partial charge in [0.1, 0.15) is 11.5 Å². The van der Waals surface area contributed by atoms with Gasteiger partial charge in [0, 0.05) is 17.1 Å². The molecule has 0 bridgehead atoms. The lowest BCUT2D eigenvalue weighted by Gasteiger charge is -2.15. The molecule has 4 nitrogen and oxygen atoms in total. The highest BCUT2D eigenvalue weighted by Gasteiger charge is 2.19. The Balaban J connectivity index is 1.92. The van der Waals surface area contributed by atoms with Crippen molar-refractivity contribution in [2.75, 3.05) is 12.9 Å². The topological polar surface area (TPSA) is 55.8 Å². The van der Waals surface area contributed by atoms with Gasteiger partial charge < -0.3 is 14.6 Å². The molecule has 0 saturated carbocycles. The van der Waals surface area contributed by atoms with E-state index in [0.29, 0.717) is 23.7 Å². The summed E-state index contributed by atoms with van der Waals surface area (Å²) in [5.74, 6) is 0.975. The second kappa shape index (κ2) is 9.23. The highest BCUT2D eigenvalue weighted by atomic mass is 32.2. The molecule has 2 aromatic carbocycles.